The highest BCUT2D eigenvalue weighted by atomic mass is 35.7. The summed E-state index contributed by atoms with van der Waals surface area (Å²) in [5.74, 6) is 1.82. The zero-order valence-corrected chi connectivity index (χ0v) is 17.4. The van der Waals surface area contributed by atoms with Crippen LogP contribution in [-0.2, 0) is 9.05 Å². The van der Waals surface area contributed by atoms with Crippen LogP contribution in [0.15, 0.2) is 17.0 Å². The van der Waals surface area contributed by atoms with Gasteiger partial charge in [-0.3, -0.25) is 0 Å². The summed E-state index contributed by atoms with van der Waals surface area (Å²) in [5, 5.41) is 0. The number of ether oxygens (including phenoxy) is 3. The van der Waals surface area contributed by atoms with E-state index in [4.69, 9.17) is 24.9 Å². The summed E-state index contributed by atoms with van der Waals surface area (Å²) in [6, 6.07) is 2.94. The molecule has 0 spiro atoms. The van der Waals surface area contributed by atoms with E-state index in [1.54, 1.807) is 6.07 Å². The third-order valence-corrected chi connectivity index (χ3v) is 4.33. The van der Waals surface area contributed by atoms with Crippen molar-refractivity contribution in [3.8, 4) is 17.2 Å². The van der Waals surface area contributed by atoms with Gasteiger partial charge in [-0.25, -0.2) is 8.42 Å². The molecule has 25 heavy (non-hydrogen) atoms. The zero-order valence-electron chi connectivity index (χ0n) is 15.8. The molecule has 0 aliphatic heterocycles. The van der Waals surface area contributed by atoms with Gasteiger partial charge in [0.25, 0.3) is 9.05 Å². The fraction of sp³-hybridized carbons (Fsp3) is 0.667. The minimum absolute atomic E-state index is 0.106. The predicted molar refractivity (Wildman–Crippen MR) is 100 cm³/mol. The maximum atomic E-state index is 12.0. The SMILES string of the molecule is CC(C)COc1cc(OCC(C)C)c(S(=O)(=O)Cl)cc1OCC(C)C. The van der Waals surface area contributed by atoms with E-state index in [9.17, 15) is 8.42 Å². The van der Waals surface area contributed by atoms with Crippen LogP contribution in [0.1, 0.15) is 41.5 Å². The molecule has 0 aromatic heterocycles. The molecule has 0 heterocycles. The van der Waals surface area contributed by atoms with Crippen LogP contribution in [0.3, 0.4) is 0 Å². The summed E-state index contributed by atoms with van der Waals surface area (Å²) < 4.78 is 41.1. The van der Waals surface area contributed by atoms with Crippen molar-refractivity contribution in [2.45, 2.75) is 46.4 Å². The minimum atomic E-state index is -3.98. The van der Waals surface area contributed by atoms with E-state index >= 15 is 0 Å². The van der Waals surface area contributed by atoms with Crippen molar-refractivity contribution >= 4 is 19.7 Å². The molecule has 0 unspecified atom stereocenters. The molecule has 7 heteroatoms. The zero-order chi connectivity index (χ0) is 19.2. The van der Waals surface area contributed by atoms with Gasteiger partial charge in [-0.1, -0.05) is 41.5 Å². The average molecular weight is 393 g/mol. The summed E-state index contributed by atoms with van der Waals surface area (Å²) >= 11 is 0. The maximum absolute atomic E-state index is 12.0. The van der Waals surface area contributed by atoms with Crippen LogP contribution in [0.5, 0.6) is 17.2 Å². The van der Waals surface area contributed by atoms with E-state index in [1.165, 1.54) is 6.07 Å². The Kier molecular flexibility index (Phi) is 8.35. The molecule has 0 saturated carbocycles. The topological polar surface area (TPSA) is 61.8 Å². The molecule has 0 bridgehead atoms. The normalized spacial score (nSPS) is 12.1. The van der Waals surface area contributed by atoms with Gasteiger partial charge in [0.15, 0.2) is 11.5 Å². The van der Waals surface area contributed by atoms with E-state index in [0.717, 1.165) is 0 Å². The Balaban J connectivity index is 3.31. The predicted octanol–water partition coefficient (Wildman–Crippen LogP) is 4.72. The van der Waals surface area contributed by atoms with Gasteiger partial charge in [0.1, 0.15) is 10.6 Å². The van der Waals surface area contributed by atoms with E-state index in [1.807, 2.05) is 41.5 Å². The first kappa shape index (κ1) is 21.9. The van der Waals surface area contributed by atoms with Gasteiger partial charge in [-0.05, 0) is 17.8 Å². The molecule has 0 radical (unpaired) electrons. The Morgan fingerprint density at radius 3 is 1.48 bits per heavy atom. The van der Waals surface area contributed by atoms with Crippen molar-refractivity contribution in [3.63, 3.8) is 0 Å². The van der Waals surface area contributed by atoms with Gasteiger partial charge < -0.3 is 14.2 Å². The highest BCUT2D eigenvalue weighted by molar-refractivity contribution is 8.13. The van der Waals surface area contributed by atoms with Gasteiger partial charge in [0.05, 0.1) is 19.8 Å². The van der Waals surface area contributed by atoms with E-state index in [0.29, 0.717) is 37.2 Å². The molecule has 0 atom stereocenters. The van der Waals surface area contributed by atoms with Crippen molar-refractivity contribution in [1.82, 2.24) is 0 Å². The smallest absolute Gasteiger partial charge is 0.265 e. The molecule has 0 saturated heterocycles. The van der Waals surface area contributed by atoms with Crippen molar-refractivity contribution in [1.29, 1.82) is 0 Å². The molecule has 0 fully saturated rings. The lowest BCUT2D eigenvalue weighted by Crippen LogP contribution is -2.11. The number of benzene rings is 1. The first-order chi connectivity index (χ1) is 11.5. The van der Waals surface area contributed by atoms with Gasteiger partial charge in [-0.2, -0.15) is 0 Å². The second-order valence-corrected chi connectivity index (χ2v) is 9.83. The van der Waals surface area contributed by atoms with Crippen LogP contribution in [0, 0.1) is 17.8 Å². The van der Waals surface area contributed by atoms with Crippen LogP contribution >= 0.6 is 10.7 Å². The largest absolute Gasteiger partial charge is 0.492 e. The summed E-state index contributed by atoms with van der Waals surface area (Å²) in [4.78, 5) is -0.106. The Bertz CT molecular complexity index is 654. The Labute approximate surface area is 156 Å². The fourth-order valence-electron chi connectivity index (χ4n) is 1.82. The lowest BCUT2D eigenvalue weighted by molar-refractivity contribution is 0.223. The van der Waals surface area contributed by atoms with E-state index in [2.05, 4.69) is 0 Å². The third kappa shape index (κ3) is 7.74. The highest BCUT2D eigenvalue weighted by Gasteiger charge is 2.23. The molecule has 0 N–H and O–H groups in total. The van der Waals surface area contributed by atoms with Crippen molar-refractivity contribution in [3.05, 3.63) is 12.1 Å². The summed E-state index contributed by atoms with van der Waals surface area (Å²) in [5.41, 5.74) is 0. The van der Waals surface area contributed by atoms with Gasteiger partial charge in [-0.15, -0.1) is 0 Å². The molecule has 5 nitrogen and oxygen atoms in total. The van der Waals surface area contributed by atoms with E-state index < -0.39 is 9.05 Å². The van der Waals surface area contributed by atoms with Crippen molar-refractivity contribution in [2.24, 2.45) is 17.8 Å². The first-order valence-corrected chi connectivity index (χ1v) is 10.8. The lowest BCUT2D eigenvalue weighted by atomic mass is 10.2. The molecule has 1 aromatic rings. The van der Waals surface area contributed by atoms with Gasteiger partial charge in [0, 0.05) is 22.8 Å². The van der Waals surface area contributed by atoms with Crippen LogP contribution in [0.4, 0.5) is 0 Å². The average Bonchev–Trinajstić information content (AvgIpc) is 2.47. The first-order valence-electron chi connectivity index (χ1n) is 8.51. The third-order valence-electron chi connectivity index (χ3n) is 2.99. The van der Waals surface area contributed by atoms with Gasteiger partial charge in [0.2, 0.25) is 0 Å². The Hall–Kier alpha value is -1.14. The summed E-state index contributed by atoms with van der Waals surface area (Å²) in [6.07, 6.45) is 0. The second-order valence-electron chi connectivity index (χ2n) is 7.30. The second kappa shape index (κ2) is 9.53. The Morgan fingerprint density at radius 1 is 0.760 bits per heavy atom. The minimum Gasteiger partial charge on any atom is -0.492 e. The molecule has 1 rings (SSSR count). The standard InChI is InChI=1S/C18H29ClO5S/c1-12(2)9-22-15-7-17(24-11-14(5)6)18(25(19,20)21)8-16(15)23-10-13(3)4/h7-8,12-14H,9-11H2,1-6H3. The van der Waals surface area contributed by atoms with Crippen molar-refractivity contribution in [2.75, 3.05) is 19.8 Å². The number of rotatable bonds is 10. The highest BCUT2D eigenvalue weighted by Crippen LogP contribution is 2.39. The number of hydrogen-bond acceptors (Lipinski definition) is 5. The molecular formula is C18H29ClO5S. The fourth-order valence-corrected chi connectivity index (χ4v) is 2.79. The maximum Gasteiger partial charge on any atom is 0.265 e. The monoisotopic (exact) mass is 392 g/mol. The van der Waals surface area contributed by atoms with Crippen molar-refractivity contribution < 1.29 is 22.6 Å². The molecule has 0 aliphatic rings. The molecule has 144 valence electrons. The summed E-state index contributed by atoms with van der Waals surface area (Å²) in [7, 11) is 1.61. The molecule has 1 aromatic carbocycles. The summed E-state index contributed by atoms with van der Waals surface area (Å²) in [6.45, 7) is 13.3. The van der Waals surface area contributed by atoms with Crippen LogP contribution in [0.2, 0.25) is 0 Å². The van der Waals surface area contributed by atoms with Crippen LogP contribution in [0.25, 0.3) is 0 Å². The lowest BCUT2D eigenvalue weighted by Gasteiger charge is -2.19. The van der Waals surface area contributed by atoms with E-state index in [-0.39, 0.29) is 22.5 Å². The van der Waals surface area contributed by atoms with Gasteiger partial charge >= 0.3 is 0 Å². The van der Waals surface area contributed by atoms with Crippen LogP contribution < -0.4 is 14.2 Å². The molecule has 0 aliphatic carbocycles. The van der Waals surface area contributed by atoms with Crippen LogP contribution in [-0.4, -0.2) is 28.2 Å². The quantitative estimate of drug-likeness (QED) is 0.539. The number of hydrogen-bond donors (Lipinski definition) is 0. The molecular weight excluding hydrogens is 364 g/mol. The molecule has 0 amide bonds. The number of halogens is 1. The Morgan fingerprint density at radius 2 is 1.12 bits per heavy atom.